The molecule has 2 aromatic rings. The number of hydrogen-bond acceptors (Lipinski definition) is 6. The van der Waals surface area contributed by atoms with Crippen molar-refractivity contribution in [3.8, 4) is 0 Å². The van der Waals surface area contributed by atoms with Gasteiger partial charge in [-0.3, -0.25) is 4.79 Å². The van der Waals surface area contributed by atoms with Crippen molar-refractivity contribution in [3.63, 3.8) is 0 Å². The van der Waals surface area contributed by atoms with Gasteiger partial charge in [-0.05, 0) is 50.8 Å². The van der Waals surface area contributed by atoms with Crippen molar-refractivity contribution in [2.45, 2.75) is 61.7 Å². The van der Waals surface area contributed by atoms with Crippen molar-refractivity contribution in [2.24, 2.45) is 0 Å². The van der Waals surface area contributed by atoms with Gasteiger partial charge in [-0.1, -0.05) is 18.2 Å². The number of carbonyl (C=O) groups is 1. The summed E-state index contributed by atoms with van der Waals surface area (Å²) in [6.45, 7) is 5.17. The Balaban J connectivity index is 1.47. The maximum atomic E-state index is 13.0. The lowest BCUT2D eigenvalue weighted by Gasteiger charge is -2.25. The first-order valence-electron chi connectivity index (χ1n) is 11.0. The monoisotopic (exact) mass is 466 g/mol. The number of benzene rings is 1. The number of aromatic nitrogens is 2. The molecule has 1 amide bonds. The fourth-order valence-corrected chi connectivity index (χ4v) is 6.58. The van der Waals surface area contributed by atoms with E-state index in [1.807, 2.05) is 17.6 Å². The molecule has 1 N–H and O–H groups in total. The van der Waals surface area contributed by atoms with E-state index in [0.29, 0.717) is 31.7 Å². The number of nitrogens with one attached hydrogen (secondary N) is 1. The first-order valence-corrected chi connectivity index (χ1v) is 13.4. The minimum Gasteiger partial charge on any atom is -0.376 e. The molecule has 0 unspecified atom stereocenters. The summed E-state index contributed by atoms with van der Waals surface area (Å²) in [5.74, 6) is 0.207. The third-order valence-electron chi connectivity index (χ3n) is 5.84. The molecule has 0 radical (unpaired) electrons. The largest absolute Gasteiger partial charge is 0.376 e. The van der Waals surface area contributed by atoms with Crippen LogP contribution in [0, 0.1) is 0 Å². The standard InChI is InChI=1S/C21H30N4O4S2/c1-2-25-19-9-8-17(31(27,28)24-10-4-3-5-11-24)13-18(19)23-21(25)30-15-20(26)22-14-16-7-6-12-29-16/h8-9,13,16H,2-7,10-12,14-15H2,1H3,(H,22,26)/t16-/m0/s1. The summed E-state index contributed by atoms with van der Waals surface area (Å²) in [4.78, 5) is 17.2. The number of sulfonamides is 1. The molecule has 10 heteroatoms. The number of amides is 1. The van der Waals surface area contributed by atoms with Crippen molar-refractivity contribution < 1.29 is 17.9 Å². The fraction of sp³-hybridized carbons (Fsp3) is 0.619. The number of nitrogens with zero attached hydrogens (tertiary/aromatic N) is 3. The molecular weight excluding hydrogens is 436 g/mol. The first kappa shape index (κ1) is 22.6. The Morgan fingerprint density at radius 2 is 2.06 bits per heavy atom. The summed E-state index contributed by atoms with van der Waals surface area (Å²) in [7, 11) is -3.50. The van der Waals surface area contributed by atoms with Gasteiger partial charge in [-0.2, -0.15) is 4.31 Å². The highest BCUT2D eigenvalue weighted by molar-refractivity contribution is 7.99. The van der Waals surface area contributed by atoms with Gasteiger partial charge in [0.25, 0.3) is 0 Å². The molecule has 4 rings (SSSR count). The number of carbonyl (C=O) groups excluding carboxylic acids is 1. The second-order valence-corrected chi connectivity index (χ2v) is 10.9. The number of hydrogen-bond donors (Lipinski definition) is 1. The van der Waals surface area contributed by atoms with Crippen molar-refractivity contribution in [2.75, 3.05) is 32.0 Å². The molecular formula is C21H30N4O4S2. The molecule has 2 aliphatic rings. The molecule has 2 fully saturated rings. The van der Waals surface area contributed by atoms with Crippen LogP contribution in [0.5, 0.6) is 0 Å². The van der Waals surface area contributed by atoms with Gasteiger partial charge in [0, 0.05) is 32.8 Å². The Kier molecular flexibility index (Phi) is 7.20. The molecule has 31 heavy (non-hydrogen) atoms. The highest BCUT2D eigenvalue weighted by atomic mass is 32.2. The van der Waals surface area contributed by atoms with Crippen LogP contribution in [0.1, 0.15) is 39.0 Å². The van der Waals surface area contributed by atoms with Crippen LogP contribution in [0.2, 0.25) is 0 Å². The van der Waals surface area contributed by atoms with Gasteiger partial charge >= 0.3 is 0 Å². The maximum absolute atomic E-state index is 13.0. The third kappa shape index (κ3) is 5.08. The van der Waals surface area contributed by atoms with Gasteiger partial charge in [0.2, 0.25) is 15.9 Å². The van der Waals surface area contributed by atoms with Crippen molar-refractivity contribution >= 4 is 38.7 Å². The predicted octanol–water partition coefficient (Wildman–Crippen LogP) is 2.62. The van der Waals surface area contributed by atoms with Gasteiger partial charge in [-0.25, -0.2) is 13.4 Å². The van der Waals surface area contributed by atoms with E-state index < -0.39 is 10.0 Å². The molecule has 2 saturated heterocycles. The molecule has 1 aromatic heterocycles. The van der Waals surface area contributed by atoms with Crippen LogP contribution < -0.4 is 5.32 Å². The van der Waals surface area contributed by atoms with Crippen LogP contribution in [0.25, 0.3) is 11.0 Å². The van der Waals surface area contributed by atoms with Gasteiger partial charge in [0.1, 0.15) is 0 Å². The molecule has 0 aliphatic carbocycles. The predicted molar refractivity (Wildman–Crippen MR) is 121 cm³/mol. The van der Waals surface area contributed by atoms with E-state index >= 15 is 0 Å². The first-order chi connectivity index (χ1) is 15.0. The highest BCUT2D eigenvalue weighted by Gasteiger charge is 2.27. The minimum atomic E-state index is -3.50. The smallest absolute Gasteiger partial charge is 0.243 e. The Morgan fingerprint density at radius 3 is 2.77 bits per heavy atom. The average Bonchev–Trinajstić information content (AvgIpc) is 3.43. The molecule has 0 spiro atoms. The Morgan fingerprint density at radius 1 is 1.26 bits per heavy atom. The van der Waals surface area contributed by atoms with Gasteiger partial charge in [0.15, 0.2) is 5.16 Å². The molecule has 8 nitrogen and oxygen atoms in total. The van der Waals surface area contributed by atoms with E-state index in [0.717, 1.165) is 49.4 Å². The van der Waals surface area contributed by atoms with Crippen LogP contribution in [-0.2, 0) is 26.1 Å². The summed E-state index contributed by atoms with van der Waals surface area (Å²) in [5, 5.41) is 3.64. The molecule has 0 saturated carbocycles. The van der Waals surface area contributed by atoms with Crippen LogP contribution in [0.4, 0.5) is 0 Å². The van der Waals surface area contributed by atoms with E-state index in [1.165, 1.54) is 11.8 Å². The van der Waals surface area contributed by atoms with Crippen LogP contribution in [0.15, 0.2) is 28.3 Å². The molecule has 1 atom stereocenters. The topological polar surface area (TPSA) is 93.5 Å². The fourth-order valence-electron chi connectivity index (χ4n) is 4.13. The zero-order valence-corrected chi connectivity index (χ0v) is 19.5. The number of imidazole rings is 1. The van der Waals surface area contributed by atoms with Crippen molar-refractivity contribution in [3.05, 3.63) is 18.2 Å². The number of fused-ring (bicyclic) bond motifs is 1. The summed E-state index contributed by atoms with van der Waals surface area (Å²) >= 11 is 1.37. The van der Waals surface area contributed by atoms with Crippen LogP contribution in [-0.4, -0.2) is 66.3 Å². The van der Waals surface area contributed by atoms with Gasteiger partial charge in [-0.15, -0.1) is 0 Å². The highest BCUT2D eigenvalue weighted by Crippen LogP contribution is 2.28. The third-order valence-corrected chi connectivity index (χ3v) is 8.71. The summed E-state index contributed by atoms with van der Waals surface area (Å²) < 4.78 is 35.1. The number of thioether (sulfide) groups is 1. The van der Waals surface area contributed by atoms with E-state index in [-0.39, 0.29) is 22.7 Å². The Labute approximate surface area is 187 Å². The molecule has 2 aliphatic heterocycles. The molecule has 0 bridgehead atoms. The molecule has 1 aromatic carbocycles. The SMILES string of the molecule is CCn1c(SCC(=O)NC[C@@H]2CCCO2)nc2cc(S(=O)(=O)N3CCCCC3)ccc21. The number of ether oxygens (including phenoxy) is 1. The minimum absolute atomic E-state index is 0.0522. The maximum Gasteiger partial charge on any atom is 0.243 e. The van der Waals surface area contributed by atoms with E-state index in [1.54, 1.807) is 16.4 Å². The zero-order valence-electron chi connectivity index (χ0n) is 17.9. The second kappa shape index (κ2) is 9.89. The van der Waals surface area contributed by atoms with E-state index in [9.17, 15) is 13.2 Å². The number of aryl methyl sites for hydroxylation is 1. The second-order valence-electron chi connectivity index (χ2n) is 7.98. The summed E-state index contributed by atoms with van der Waals surface area (Å²) in [6.07, 6.45) is 5.04. The lowest BCUT2D eigenvalue weighted by molar-refractivity contribution is -0.119. The number of rotatable bonds is 8. The van der Waals surface area contributed by atoms with Crippen LogP contribution >= 0.6 is 11.8 Å². The molecule has 170 valence electrons. The lowest BCUT2D eigenvalue weighted by atomic mass is 10.2. The average molecular weight is 467 g/mol. The number of piperidine rings is 1. The summed E-state index contributed by atoms with van der Waals surface area (Å²) in [5.41, 5.74) is 1.52. The quantitative estimate of drug-likeness (QED) is 0.601. The van der Waals surface area contributed by atoms with E-state index in [4.69, 9.17) is 4.74 Å². The lowest BCUT2D eigenvalue weighted by Crippen LogP contribution is -2.35. The Bertz CT molecular complexity index is 1030. The van der Waals surface area contributed by atoms with Crippen LogP contribution in [0.3, 0.4) is 0 Å². The summed E-state index contributed by atoms with van der Waals surface area (Å²) in [6, 6.07) is 5.15. The van der Waals surface area contributed by atoms with Gasteiger partial charge in [0.05, 0.1) is 27.8 Å². The van der Waals surface area contributed by atoms with Gasteiger partial charge < -0.3 is 14.6 Å². The molecule has 3 heterocycles. The van der Waals surface area contributed by atoms with Crippen molar-refractivity contribution in [1.82, 2.24) is 19.2 Å². The van der Waals surface area contributed by atoms with Crippen molar-refractivity contribution in [1.29, 1.82) is 0 Å². The van der Waals surface area contributed by atoms with E-state index in [2.05, 4.69) is 10.3 Å². The zero-order chi connectivity index (χ0) is 21.8. The normalized spacial score (nSPS) is 20.4. The Hall–Kier alpha value is -1.62.